The highest BCUT2D eigenvalue weighted by Gasteiger charge is 2.41. The number of fused-ring (bicyclic) bond motifs is 3. The molecule has 176 valence electrons. The summed E-state index contributed by atoms with van der Waals surface area (Å²) >= 11 is 0. The fraction of sp³-hybridized carbons (Fsp3) is 0.192. The molecule has 9 nitrogen and oxygen atoms in total. The third-order valence-corrected chi connectivity index (χ3v) is 5.79. The number of nitrogens with one attached hydrogen (secondary N) is 1. The molecule has 5 rings (SSSR count). The first-order chi connectivity index (χ1) is 17.0. The third kappa shape index (κ3) is 4.35. The van der Waals surface area contributed by atoms with Gasteiger partial charge in [-0.3, -0.25) is 24.0 Å². The predicted molar refractivity (Wildman–Crippen MR) is 130 cm³/mol. The number of ether oxygens (including phenoxy) is 1. The van der Waals surface area contributed by atoms with Gasteiger partial charge in [-0.15, -0.1) is 0 Å². The van der Waals surface area contributed by atoms with Crippen LogP contribution >= 0.6 is 0 Å². The predicted octanol–water partition coefficient (Wildman–Crippen LogP) is 3.72. The highest BCUT2D eigenvalue weighted by atomic mass is 16.5. The van der Waals surface area contributed by atoms with E-state index in [4.69, 9.17) is 4.74 Å². The van der Waals surface area contributed by atoms with Crippen molar-refractivity contribution in [1.29, 1.82) is 0 Å². The van der Waals surface area contributed by atoms with E-state index in [0.717, 1.165) is 16.7 Å². The van der Waals surface area contributed by atoms with E-state index >= 15 is 0 Å². The summed E-state index contributed by atoms with van der Waals surface area (Å²) in [6.45, 7) is 2.29. The molecule has 0 saturated heterocycles. The Balaban J connectivity index is 1.38. The van der Waals surface area contributed by atoms with Crippen LogP contribution in [0, 0.1) is 0 Å². The zero-order chi connectivity index (χ0) is 24.4. The van der Waals surface area contributed by atoms with Gasteiger partial charge < -0.3 is 10.1 Å². The minimum absolute atomic E-state index is 0.0649. The summed E-state index contributed by atoms with van der Waals surface area (Å²) in [6.07, 6.45) is 1.61. The van der Waals surface area contributed by atoms with Crippen LogP contribution in [0.2, 0.25) is 0 Å². The maximum Gasteiger partial charge on any atom is 0.338 e. The van der Waals surface area contributed by atoms with Gasteiger partial charge in [0, 0.05) is 11.9 Å². The van der Waals surface area contributed by atoms with Crippen LogP contribution < -0.4 is 10.2 Å². The summed E-state index contributed by atoms with van der Waals surface area (Å²) in [4.78, 5) is 48.8. The second-order valence-electron chi connectivity index (χ2n) is 8.08. The van der Waals surface area contributed by atoms with Gasteiger partial charge >= 0.3 is 5.97 Å². The largest absolute Gasteiger partial charge is 0.462 e. The van der Waals surface area contributed by atoms with E-state index in [1.54, 1.807) is 42.3 Å². The molecule has 1 N–H and O–H groups in total. The Morgan fingerprint density at radius 1 is 1.03 bits per heavy atom. The number of benzene rings is 2. The number of aromatic nitrogens is 3. The monoisotopic (exact) mass is 469 g/mol. The van der Waals surface area contributed by atoms with Gasteiger partial charge in [-0.1, -0.05) is 18.2 Å². The minimum atomic E-state index is -0.736. The number of esters is 1. The standard InChI is InChI=1S/C26H23N5O4/c1-2-35-25(34)17-10-12-18(13-11-17)28-23(32)15-22-24(33)30(16-19-7-5-6-14-27-19)26-29-20-8-3-4-9-21(20)31(22)26/h3-14,22H,2,15-16H2,1H3,(H,28,32)/t22-/m0/s1. The Kier molecular flexibility index (Phi) is 5.97. The molecule has 1 atom stereocenters. The van der Waals surface area contributed by atoms with Crippen molar-refractivity contribution in [2.24, 2.45) is 0 Å². The van der Waals surface area contributed by atoms with E-state index in [1.165, 1.54) is 0 Å². The Labute approximate surface area is 201 Å². The topological polar surface area (TPSA) is 106 Å². The number of imidazole rings is 1. The molecule has 0 saturated carbocycles. The van der Waals surface area contributed by atoms with Gasteiger partial charge in [-0.25, -0.2) is 9.78 Å². The number of carbonyl (C=O) groups is 3. The Morgan fingerprint density at radius 2 is 1.80 bits per heavy atom. The number of amides is 2. The maximum atomic E-state index is 13.4. The zero-order valence-corrected chi connectivity index (χ0v) is 19.0. The van der Waals surface area contributed by atoms with Crippen LogP contribution in [-0.2, 0) is 20.9 Å². The van der Waals surface area contributed by atoms with Crippen LogP contribution in [0.1, 0.15) is 35.4 Å². The summed E-state index contributed by atoms with van der Waals surface area (Å²) in [5, 5.41) is 2.82. The van der Waals surface area contributed by atoms with Gasteiger partial charge in [0.1, 0.15) is 6.04 Å². The highest BCUT2D eigenvalue weighted by Crippen LogP contribution is 2.37. The van der Waals surface area contributed by atoms with Crippen molar-refractivity contribution < 1.29 is 19.1 Å². The van der Waals surface area contributed by atoms with E-state index in [-0.39, 0.29) is 31.4 Å². The van der Waals surface area contributed by atoms with Crippen molar-refractivity contribution >= 4 is 40.5 Å². The third-order valence-electron chi connectivity index (χ3n) is 5.79. The lowest BCUT2D eigenvalue weighted by atomic mass is 10.1. The van der Waals surface area contributed by atoms with E-state index < -0.39 is 12.0 Å². The molecule has 0 spiro atoms. The van der Waals surface area contributed by atoms with E-state index in [9.17, 15) is 14.4 Å². The maximum absolute atomic E-state index is 13.4. The molecular weight excluding hydrogens is 446 g/mol. The van der Waals surface area contributed by atoms with Gasteiger partial charge in [-0.2, -0.15) is 0 Å². The molecule has 0 unspecified atom stereocenters. The van der Waals surface area contributed by atoms with Crippen molar-refractivity contribution in [3.8, 4) is 0 Å². The Bertz CT molecular complexity index is 1400. The van der Waals surface area contributed by atoms with Crippen LogP contribution in [0.15, 0.2) is 72.9 Å². The number of carbonyl (C=O) groups excluding carboxylic acids is 3. The number of hydrogen-bond acceptors (Lipinski definition) is 6. The second-order valence-corrected chi connectivity index (χ2v) is 8.08. The minimum Gasteiger partial charge on any atom is -0.462 e. The number of nitrogens with zero attached hydrogens (tertiary/aromatic N) is 4. The normalized spacial score (nSPS) is 14.7. The summed E-state index contributed by atoms with van der Waals surface area (Å²) in [6, 6.07) is 18.8. The molecular formula is C26H23N5O4. The molecule has 2 aromatic heterocycles. The molecule has 2 amide bonds. The zero-order valence-electron chi connectivity index (χ0n) is 19.0. The average Bonchev–Trinajstić information content (AvgIpc) is 3.36. The molecule has 0 radical (unpaired) electrons. The number of rotatable bonds is 7. The number of hydrogen-bond donors (Lipinski definition) is 1. The summed E-state index contributed by atoms with van der Waals surface area (Å²) in [7, 11) is 0. The first kappa shape index (κ1) is 22.3. The van der Waals surface area contributed by atoms with Crippen molar-refractivity contribution in [3.05, 3.63) is 84.2 Å². The van der Waals surface area contributed by atoms with Crippen LogP contribution in [0.25, 0.3) is 11.0 Å². The smallest absolute Gasteiger partial charge is 0.338 e. The molecule has 0 fully saturated rings. The van der Waals surface area contributed by atoms with Crippen LogP contribution in [-0.4, -0.2) is 38.9 Å². The summed E-state index contributed by atoms with van der Waals surface area (Å²) in [5.74, 6) is -0.458. The average molecular weight is 470 g/mol. The quantitative estimate of drug-likeness (QED) is 0.414. The fourth-order valence-corrected chi connectivity index (χ4v) is 4.19. The SMILES string of the molecule is CCOC(=O)c1ccc(NC(=O)C[C@H]2C(=O)N(Cc3ccccn3)c3nc4ccccc4n32)cc1. The van der Waals surface area contributed by atoms with E-state index in [1.807, 2.05) is 47.0 Å². The van der Waals surface area contributed by atoms with E-state index in [0.29, 0.717) is 17.2 Å². The fourth-order valence-electron chi connectivity index (χ4n) is 4.19. The summed E-state index contributed by atoms with van der Waals surface area (Å²) in [5.41, 5.74) is 3.19. The van der Waals surface area contributed by atoms with E-state index in [2.05, 4.69) is 15.3 Å². The number of para-hydroxylation sites is 2. The number of anilines is 2. The molecule has 2 aromatic carbocycles. The van der Waals surface area contributed by atoms with Gasteiger partial charge in [-0.05, 0) is 55.5 Å². The lowest BCUT2D eigenvalue weighted by molar-refractivity contribution is -0.124. The van der Waals surface area contributed by atoms with Crippen LogP contribution in [0.5, 0.6) is 0 Å². The van der Waals surface area contributed by atoms with Crippen molar-refractivity contribution in [2.75, 3.05) is 16.8 Å². The number of pyridine rings is 1. The molecule has 3 heterocycles. The Morgan fingerprint density at radius 3 is 2.54 bits per heavy atom. The highest BCUT2D eigenvalue weighted by molar-refractivity contribution is 6.05. The molecule has 9 heteroatoms. The van der Waals surface area contributed by atoms with Crippen LogP contribution in [0.4, 0.5) is 11.6 Å². The van der Waals surface area contributed by atoms with Gasteiger partial charge in [0.2, 0.25) is 11.9 Å². The van der Waals surface area contributed by atoms with Crippen molar-refractivity contribution in [1.82, 2.24) is 14.5 Å². The van der Waals surface area contributed by atoms with Crippen LogP contribution in [0.3, 0.4) is 0 Å². The Hall–Kier alpha value is -4.53. The van der Waals surface area contributed by atoms with Gasteiger partial charge in [0.15, 0.2) is 0 Å². The first-order valence-electron chi connectivity index (χ1n) is 11.3. The molecule has 35 heavy (non-hydrogen) atoms. The molecule has 0 aliphatic carbocycles. The molecule has 0 bridgehead atoms. The lowest BCUT2D eigenvalue weighted by Gasteiger charge is -2.15. The van der Waals surface area contributed by atoms with Crippen molar-refractivity contribution in [3.63, 3.8) is 0 Å². The lowest BCUT2D eigenvalue weighted by Crippen LogP contribution is -2.31. The molecule has 1 aliphatic rings. The molecule has 4 aromatic rings. The van der Waals surface area contributed by atoms with Gasteiger partial charge in [0.25, 0.3) is 5.91 Å². The van der Waals surface area contributed by atoms with Gasteiger partial charge in [0.05, 0.1) is 41.9 Å². The van der Waals surface area contributed by atoms with Crippen molar-refractivity contribution in [2.45, 2.75) is 25.9 Å². The molecule has 1 aliphatic heterocycles. The first-order valence-corrected chi connectivity index (χ1v) is 11.3. The second kappa shape index (κ2) is 9.38. The summed E-state index contributed by atoms with van der Waals surface area (Å²) < 4.78 is 6.80.